The maximum Gasteiger partial charge on any atom is 0.164 e. The van der Waals surface area contributed by atoms with Crippen LogP contribution in [0.25, 0.3) is 0 Å². The van der Waals surface area contributed by atoms with Crippen LogP contribution >= 0.6 is 0 Å². The molecule has 0 radical (unpaired) electrons. The first kappa shape index (κ1) is 9.59. The summed E-state index contributed by atoms with van der Waals surface area (Å²) >= 11 is 0. The van der Waals surface area contributed by atoms with Crippen molar-refractivity contribution in [3.8, 4) is 0 Å². The van der Waals surface area contributed by atoms with E-state index in [-0.39, 0.29) is 17.0 Å². The predicted octanol–water partition coefficient (Wildman–Crippen LogP) is 2.72. The fourth-order valence-corrected chi connectivity index (χ4v) is 1.56. The van der Waals surface area contributed by atoms with E-state index in [2.05, 4.69) is 0 Å². The Kier molecular flexibility index (Phi) is 2.27. The Labute approximate surface area is 81.4 Å². The van der Waals surface area contributed by atoms with E-state index in [9.17, 15) is 13.9 Å². The summed E-state index contributed by atoms with van der Waals surface area (Å²) in [6.07, 6.45) is 0.955. The lowest BCUT2D eigenvalue weighted by atomic mass is 10.0. The summed E-state index contributed by atoms with van der Waals surface area (Å²) in [4.78, 5) is 0. The molecular formula is C11H12F2O. The molecule has 76 valence electrons. The third-order valence-electron chi connectivity index (χ3n) is 2.69. The number of aryl methyl sites for hydroxylation is 1. The highest BCUT2D eigenvalue weighted by Crippen LogP contribution is 2.41. The summed E-state index contributed by atoms with van der Waals surface area (Å²) in [5, 5.41) is 9.65. The second-order valence-corrected chi connectivity index (χ2v) is 3.88. The molecule has 0 aromatic heterocycles. The summed E-state index contributed by atoms with van der Waals surface area (Å²) in [6.45, 7) is 1.51. The van der Waals surface area contributed by atoms with Gasteiger partial charge < -0.3 is 5.11 Å². The Morgan fingerprint density at radius 3 is 2.50 bits per heavy atom. The van der Waals surface area contributed by atoms with Gasteiger partial charge in [0, 0.05) is 5.56 Å². The molecule has 1 aliphatic rings. The molecule has 2 rings (SSSR count). The molecule has 0 amide bonds. The van der Waals surface area contributed by atoms with Crippen LogP contribution in [0.15, 0.2) is 12.1 Å². The van der Waals surface area contributed by atoms with Gasteiger partial charge in [-0.25, -0.2) is 8.78 Å². The van der Waals surface area contributed by atoms with Crippen molar-refractivity contribution in [2.45, 2.75) is 25.9 Å². The van der Waals surface area contributed by atoms with Crippen molar-refractivity contribution in [3.63, 3.8) is 0 Å². The van der Waals surface area contributed by atoms with Crippen LogP contribution in [-0.4, -0.2) is 5.11 Å². The first-order chi connectivity index (χ1) is 6.61. The normalized spacial score (nSPS) is 18.3. The molecule has 1 nitrogen and oxygen atoms in total. The van der Waals surface area contributed by atoms with Crippen molar-refractivity contribution in [1.29, 1.82) is 0 Å². The topological polar surface area (TPSA) is 20.2 Å². The van der Waals surface area contributed by atoms with Crippen LogP contribution in [0.4, 0.5) is 8.78 Å². The second kappa shape index (κ2) is 3.31. The van der Waals surface area contributed by atoms with Crippen molar-refractivity contribution < 1.29 is 13.9 Å². The summed E-state index contributed by atoms with van der Waals surface area (Å²) in [7, 11) is 0. The highest BCUT2D eigenvalue weighted by molar-refractivity contribution is 5.27. The van der Waals surface area contributed by atoms with Crippen molar-refractivity contribution >= 4 is 0 Å². The quantitative estimate of drug-likeness (QED) is 0.774. The first-order valence-corrected chi connectivity index (χ1v) is 4.74. The molecule has 0 saturated heterocycles. The van der Waals surface area contributed by atoms with E-state index in [1.807, 2.05) is 0 Å². The molecule has 1 saturated carbocycles. The van der Waals surface area contributed by atoms with Crippen molar-refractivity contribution in [1.82, 2.24) is 0 Å². The number of hydrogen-bond donors (Lipinski definition) is 1. The number of aliphatic hydroxyl groups is 1. The minimum absolute atomic E-state index is 0.0931. The number of aliphatic hydroxyl groups excluding tert-OH is 1. The minimum Gasteiger partial charge on any atom is -0.388 e. The third-order valence-corrected chi connectivity index (χ3v) is 2.69. The molecule has 0 bridgehead atoms. The van der Waals surface area contributed by atoms with Crippen LogP contribution in [0.3, 0.4) is 0 Å². The molecule has 1 aromatic rings. The zero-order valence-corrected chi connectivity index (χ0v) is 7.93. The molecule has 0 heterocycles. The zero-order chi connectivity index (χ0) is 10.3. The van der Waals surface area contributed by atoms with Gasteiger partial charge in [-0.2, -0.15) is 0 Å². The van der Waals surface area contributed by atoms with Gasteiger partial charge in [-0.3, -0.25) is 0 Å². The summed E-state index contributed by atoms with van der Waals surface area (Å²) in [5.41, 5.74) is 0.366. The van der Waals surface area contributed by atoms with E-state index < -0.39 is 17.7 Å². The smallest absolute Gasteiger partial charge is 0.164 e. The maximum absolute atomic E-state index is 13.4. The van der Waals surface area contributed by atoms with Gasteiger partial charge in [0.2, 0.25) is 0 Å². The molecule has 1 N–H and O–H groups in total. The van der Waals surface area contributed by atoms with E-state index in [1.165, 1.54) is 19.1 Å². The van der Waals surface area contributed by atoms with Gasteiger partial charge in [0.25, 0.3) is 0 Å². The van der Waals surface area contributed by atoms with E-state index in [0.29, 0.717) is 0 Å². The predicted molar refractivity (Wildman–Crippen MR) is 48.8 cm³/mol. The van der Waals surface area contributed by atoms with Crippen LogP contribution in [0.5, 0.6) is 0 Å². The maximum atomic E-state index is 13.4. The number of rotatable bonds is 2. The zero-order valence-electron chi connectivity index (χ0n) is 7.93. The van der Waals surface area contributed by atoms with E-state index in [1.54, 1.807) is 0 Å². The SMILES string of the molecule is Cc1ccc(C(O)C2CC2)c(F)c1F. The molecule has 14 heavy (non-hydrogen) atoms. The van der Waals surface area contributed by atoms with Gasteiger partial charge in [0.05, 0.1) is 6.10 Å². The third kappa shape index (κ3) is 1.52. The average molecular weight is 198 g/mol. The highest BCUT2D eigenvalue weighted by atomic mass is 19.2. The first-order valence-electron chi connectivity index (χ1n) is 4.74. The molecule has 3 heteroatoms. The van der Waals surface area contributed by atoms with Crippen LogP contribution in [0, 0.1) is 24.5 Å². The van der Waals surface area contributed by atoms with Gasteiger partial charge in [-0.1, -0.05) is 12.1 Å². The largest absolute Gasteiger partial charge is 0.388 e. The van der Waals surface area contributed by atoms with Gasteiger partial charge in [-0.15, -0.1) is 0 Å². The average Bonchev–Trinajstić information content (AvgIpc) is 2.97. The lowest BCUT2D eigenvalue weighted by Gasteiger charge is -2.11. The molecule has 1 aromatic carbocycles. The number of hydrogen-bond acceptors (Lipinski definition) is 1. The highest BCUT2D eigenvalue weighted by Gasteiger charge is 2.33. The van der Waals surface area contributed by atoms with Crippen LogP contribution in [0.2, 0.25) is 0 Å². The standard InChI is InChI=1S/C11H12F2O/c1-6-2-5-8(10(13)9(6)12)11(14)7-3-4-7/h2,5,7,11,14H,3-4H2,1H3. The van der Waals surface area contributed by atoms with Gasteiger partial charge in [0.1, 0.15) is 0 Å². The molecular weight excluding hydrogens is 186 g/mol. The van der Waals surface area contributed by atoms with Crippen molar-refractivity contribution in [2.75, 3.05) is 0 Å². The fourth-order valence-electron chi connectivity index (χ4n) is 1.56. The molecule has 0 aliphatic heterocycles. The van der Waals surface area contributed by atoms with Crippen LogP contribution < -0.4 is 0 Å². The Morgan fingerprint density at radius 1 is 1.29 bits per heavy atom. The van der Waals surface area contributed by atoms with E-state index in [4.69, 9.17) is 0 Å². The van der Waals surface area contributed by atoms with Crippen molar-refractivity contribution in [3.05, 3.63) is 34.9 Å². The number of benzene rings is 1. The van der Waals surface area contributed by atoms with Gasteiger partial charge in [-0.05, 0) is 31.2 Å². The minimum atomic E-state index is -0.899. The van der Waals surface area contributed by atoms with Crippen LogP contribution in [-0.2, 0) is 0 Å². The summed E-state index contributed by atoms with van der Waals surface area (Å²) in [6, 6.07) is 2.97. The Balaban J connectivity index is 2.38. The van der Waals surface area contributed by atoms with Gasteiger partial charge in [0.15, 0.2) is 11.6 Å². The number of halogens is 2. The molecule has 1 atom stereocenters. The summed E-state index contributed by atoms with van der Waals surface area (Å²) in [5.74, 6) is -1.63. The molecule has 0 spiro atoms. The second-order valence-electron chi connectivity index (χ2n) is 3.88. The lowest BCUT2D eigenvalue weighted by Crippen LogP contribution is -2.05. The Morgan fingerprint density at radius 2 is 1.93 bits per heavy atom. The van der Waals surface area contributed by atoms with Gasteiger partial charge >= 0.3 is 0 Å². The van der Waals surface area contributed by atoms with E-state index in [0.717, 1.165) is 12.8 Å². The molecule has 1 aliphatic carbocycles. The van der Waals surface area contributed by atoms with Crippen molar-refractivity contribution in [2.24, 2.45) is 5.92 Å². The molecule has 1 unspecified atom stereocenters. The summed E-state index contributed by atoms with van der Waals surface area (Å²) < 4.78 is 26.5. The Hall–Kier alpha value is -0.960. The monoisotopic (exact) mass is 198 g/mol. The van der Waals surface area contributed by atoms with Crippen LogP contribution in [0.1, 0.15) is 30.1 Å². The lowest BCUT2D eigenvalue weighted by molar-refractivity contribution is 0.148. The van der Waals surface area contributed by atoms with E-state index >= 15 is 0 Å². The Bertz CT molecular complexity index is 359. The fraction of sp³-hybridized carbons (Fsp3) is 0.455. The molecule has 1 fully saturated rings.